The average Bonchev–Trinajstić information content (AvgIpc) is 2.68. The number of nitrogens with two attached hydrogens (primary N) is 1. The Bertz CT molecular complexity index is 798. The second-order valence-corrected chi connectivity index (χ2v) is 6.68. The van der Waals surface area contributed by atoms with E-state index in [1.807, 2.05) is 26.8 Å². The monoisotopic (exact) mass is 429 g/mol. The first kappa shape index (κ1) is 27.0. The number of thiol groups is 1. The molecule has 0 aliphatic rings. The fourth-order valence-corrected chi connectivity index (χ4v) is 2.86. The standard InChI is InChI=1S/C13H18FN.C8H7F3S.C2H6/c1-4-9(3)10(5-2)11-7-6-8-12(15)13(11)14;1-5-3-2-4-6(7(5)12)8(9,10)11;1-2/h5-9H,4,15H2,1-3H3;2-4,12H,1H3;1-2H3/b10-5+;;. The number of aryl methyl sites for hydroxylation is 1. The molecule has 1 nitrogen and oxygen atoms in total. The third-order valence-electron chi connectivity index (χ3n) is 4.34. The lowest BCUT2D eigenvalue weighted by Gasteiger charge is -2.15. The number of anilines is 1. The van der Waals surface area contributed by atoms with Crippen LogP contribution in [-0.4, -0.2) is 0 Å². The van der Waals surface area contributed by atoms with Crippen LogP contribution in [0.25, 0.3) is 5.57 Å². The summed E-state index contributed by atoms with van der Waals surface area (Å²) < 4.78 is 50.3. The SMILES string of the molecule is C/C=C(/c1cccc(N)c1F)C(C)CC.CC.Cc1cccc(C(F)(F)F)c1S. The summed E-state index contributed by atoms with van der Waals surface area (Å²) in [6.45, 7) is 11.7. The largest absolute Gasteiger partial charge is 0.417 e. The van der Waals surface area contributed by atoms with Crippen LogP contribution in [0.2, 0.25) is 0 Å². The van der Waals surface area contributed by atoms with E-state index in [-0.39, 0.29) is 16.4 Å². The van der Waals surface area contributed by atoms with Crippen molar-refractivity contribution in [2.75, 3.05) is 5.73 Å². The van der Waals surface area contributed by atoms with Gasteiger partial charge in [0.2, 0.25) is 0 Å². The van der Waals surface area contributed by atoms with Crippen molar-refractivity contribution < 1.29 is 17.6 Å². The van der Waals surface area contributed by atoms with Crippen LogP contribution in [0.4, 0.5) is 23.2 Å². The third kappa shape index (κ3) is 7.77. The van der Waals surface area contributed by atoms with Crippen molar-refractivity contribution in [1.82, 2.24) is 0 Å². The summed E-state index contributed by atoms with van der Waals surface area (Å²) in [5.74, 6) is 0.0530. The van der Waals surface area contributed by atoms with Crippen molar-refractivity contribution in [2.24, 2.45) is 5.92 Å². The van der Waals surface area contributed by atoms with E-state index in [2.05, 4.69) is 26.5 Å². The van der Waals surface area contributed by atoms with Gasteiger partial charge in [-0.2, -0.15) is 13.2 Å². The van der Waals surface area contributed by atoms with Crippen molar-refractivity contribution >= 4 is 23.9 Å². The molecule has 29 heavy (non-hydrogen) atoms. The summed E-state index contributed by atoms with van der Waals surface area (Å²) in [4.78, 5) is 0.00463. The first-order chi connectivity index (χ1) is 13.5. The van der Waals surface area contributed by atoms with Gasteiger partial charge < -0.3 is 5.73 Å². The normalized spacial score (nSPS) is 12.3. The van der Waals surface area contributed by atoms with E-state index in [4.69, 9.17) is 5.73 Å². The molecule has 162 valence electrons. The zero-order valence-electron chi connectivity index (χ0n) is 17.9. The Labute approximate surface area is 177 Å². The predicted octanol–water partition coefficient (Wildman–Crippen LogP) is 8.19. The highest BCUT2D eigenvalue weighted by Gasteiger charge is 2.32. The van der Waals surface area contributed by atoms with Gasteiger partial charge in [0.05, 0.1) is 11.3 Å². The molecule has 0 aliphatic carbocycles. The maximum Gasteiger partial charge on any atom is 0.417 e. The molecule has 0 spiro atoms. The first-order valence-electron chi connectivity index (χ1n) is 9.60. The van der Waals surface area contributed by atoms with Gasteiger partial charge in [-0.05, 0) is 49.5 Å². The van der Waals surface area contributed by atoms with Gasteiger partial charge in [0.1, 0.15) is 0 Å². The van der Waals surface area contributed by atoms with Crippen molar-refractivity contribution in [3.05, 3.63) is 65.0 Å². The van der Waals surface area contributed by atoms with Crippen LogP contribution in [0, 0.1) is 18.7 Å². The number of allylic oxidation sites excluding steroid dienone is 2. The smallest absolute Gasteiger partial charge is 0.396 e. The Morgan fingerprint density at radius 2 is 1.69 bits per heavy atom. The van der Waals surface area contributed by atoms with Crippen molar-refractivity contribution in [2.45, 2.75) is 59.0 Å². The number of nitrogen functional groups attached to an aromatic ring is 1. The number of benzene rings is 2. The van der Waals surface area contributed by atoms with Gasteiger partial charge in [-0.1, -0.05) is 58.0 Å². The molecule has 2 aromatic rings. The number of alkyl halides is 3. The Morgan fingerprint density at radius 3 is 2.14 bits per heavy atom. The number of rotatable bonds is 3. The molecule has 0 saturated heterocycles. The molecule has 0 aromatic heterocycles. The molecule has 1 atom stereocenters. The van der Waals surface area contributed by atoms with Crippen molar-refractivity contribution in [3.63, 3.8) is 0 Å². The summed E-state index contributed by atoms with van der Waals surface area (Å²) >= 11 is 3.78. The van der Waals surface area contributed by atoms with Crippen LogP contribution in [0.5, 0.6) is 0 Å². The highest BCUT2D eigenvalue weighted by molar-refractivity contribution is 7.80. The Morgan fingerprint density at radius 1 is 1.14 bits per heavy atom. The lowest BCUT2D eigenvalue weighted by Crippen LogP contribution is -2.06. The topological polar surface area (TPSA) is 26.0 Å². The minimum Gasteiger partial charge on any atom is -0.396 e. The molecule has 0 amide bonds. The molecule has 0 aliphatic heterocycles. The summed E-state index contributed by atoms with van der Waals surface area (Å²) in [5, 5.41) is 0. The first-order valence-corrected chi connectivity index (χ1v) is 10.1. The van der Waals surface area contributed by atoms with Crippen molar-refractivity contribution in [1.29, 1.82) is 0 Å². The van der Waals surface area contributed by atoms with Crippen LogP contribution < -0.4 is 5.73 Å². The van der Waals surface area contributed by atoms with Gasteiger partial charge in [-0.3, -0.25) is 0 Å². The second-order valence-electron chi connectivity index (χ2n) is 6.23. The maximum atomic E-state index is 13.8. The lowest BCUT2D eigenvalue weighted by molar-refractivity contribution is -0.139. The molecule has 1 unspecified atom stereocenters. The Kier molecular flexibility index (Phi) is 11.7. The molecule has 0 heterocycles. The highest BCUT2D eigenvalue weighted by Crippen LogP contribution is 2.34. The Balaban J connectivity index is 0.000000508. The van der Waals surface area contributed by atoms with E-state index in [9.17, 15) is 17.6 Å². The van der Waals surface area contributed by atoms with Gasteiger partial charge in [0.15, 0.2) is 5.82 Å². The molecule has 0 bridgehead atoms. The van der Waals surface area contributed by atoms with Crippen LogP contribution in [0.3, 0.4) is 0 Å². The zero-order chi connectivity index (χ0) is 22.8. The number of hydrogen-bond acceptors (Lipinski definition) is 2. The van der Waals surface area contributed by atoms with Gasteiger partial charge in [0.25, 0.3) is 0 Å². The average molecular weight is 430 g/mol. The molecule has 0 saturated carbocycles. The van der Waals surface area contributed by atoms with Crippen LogP contribution in [0.1, 0.15) is 57.7 Å². The molecular weight excluding hydrogens is 398 g/mol. The Hall–Kier alpha value is -1.95. The quantitative estimate of drug-likeness (QED) is 0.287. The number of halogens is 4. The van der Waals surface area contributed by atoms with Gasteiger partial charge in [0, 0.05) is 10.5 Å². The molecule has 0 fully saturated rings. The zero-order valence-corrected chi connectivity index (χ0v) is 18.8. The van der Waals surface area contributed by atoms with Gasteiger partial charge in [-0.15, -0.1) is 12.6 Å². The fourth-order valence-electron chi connectivity index (χ4n) is 2.59. The minimum atomic E-state index is -4.30. The summed E-state index contributed by atoms with van der Waals surface area (Å²) in [6.07, 6.45) is -1.34. The molecule has 2 N–H and O–H groups in total. The van der Waals surface area contributed by atoms with Gasteiger partial charge in [-0.25, -0.2) is 4.39 Å². The maximum absolute atomic E-state index is 13.8. The number of hydrogen-bond donors (Lipinski definition) is 2. The van der Waals surface area contributed by atoms with E-state index < -0.39 is 11.7 Å². The fraction of sp³-hybridized carbons (Fsp3) is 0.391. The molecule has 0 radical (unpaired) electrons. The third-order valence-corrected chi connectivity index (χ3v) is 4.93. The minimum absolute atomic E-state index is 0.00463. The molecule has 6 heteroatoms. The summed E-state index contributed by atoms with van der Waals surface area (Å²) in [5.41, 5.74) is 7.29. The highest BCUT2D eigenvalue weighted by atomic mass is 32.1. The second kappa shape index (κ2) is 12.6. The summed E-state index contributed by atoms with van der Waals surface area (Å²) in [6, 6.07) is 9.15. The van der Waals surface area contributed by atoms with Gasteiger partial charge >= 0.3 is 6.18 Å². The molecular formula is C23H31F4NS. The van der Waals surface area contributed by atoms with Crippen LogP contribution in [-0.2, 0) is 6.18 Å². The van der Waals surface area contributed by atoms with E-state index >= 15 is 0 Å². The van der Waals surface area contributed by atoms with E-state index in [0.29, 0.717) is 17.0 Å². The van der Waals surface area contributed by atoms with Crippen molar-refractivity contribution in [3.8, 4) is 0 Å². The van der Waals surface area contributed by atoms with E-state index in [1.54, 1.807) is 31.2 Å². The lowest BCUT2D eigenvalue weighted by atomic mass is 9.91. The van der Waals surface area contributed by atoms with Crippen LogP contribution in [0.15, 0.2) is 47.4 Å². The van der Waals surface area contributed by atoms with E-state index in [1.165, 1.54) is 6.07 Å². The summed E-state index contributed by atoms with van der Waals surface area (Å²) in [7, 11) is 0. The predicted molar refractivity (Wildman–Crippen MR) is 119 cm³/mol. The molecule has 2 aromatic carbocycles. The van der Waals surface area contributed by atoms with Crippen LogP contribution >= 0.6 is 12.6 Å². The molecule has 2 rings (SSSR count). The van der Waals surface area contributed by atoms with E-state index in [0.717, 1.165) is 18.1 Å².